The molecule has 6 nitrogen and oxygen atoms in total. The number of aromatic nitrogens is 1. The molecule has 0 spiro atoms. The molecule has 1 heterocycles. The van der Waals surface area contributed by atoms with Crippen molar-refractivity contribution in [2.24, 2.45) is 0 Å². The van der Waals surface area contributed by atoms with E-state index in [1.54, 1.807) is 19.1 Å². The molecule has 2 aromatic rings. The van der Waals surface area contributed by atoms with E-state index in [1.165, 1.54) is 6.07 Å². The van der Waals surface area contributed by atoms with Gasteiger partial charge >= 0.3 is 5.97 Å². The monoisotopic (exact) mass is 300 g/mol. The van der Waals surface area contributed by atoms with Gasteiger partial charge in [-0.3, -0.25) is 4.79 Å². The van der Waals surface area contributed by atoms with Gasteiger partial charge in [0.2, 0.25) is 0 Å². The van der Waals surface area contributed by atoms with Gasteiger partial charge in [-0.15, -0.1) is 0 Å². The summed E-state index contributed by atoms with van der Waals surface area (Å²) in [7, 11) is 0. The van der Waals surface area contributed by atoms with Crippen molar-refractivity contribution in [1.29, 1.82) is 0 Å². The Morgan fingerprint density at radius 3 is 2.82 bits per heavy atom. The van der Waals surface area contributed by atoms with Crippen molar-refractivity contribution < 1.29 is 19.2 Å². The van der Waals surface area contributed by atoms with E-state index >= 15 is 0 Å². The van der Waals surface area contributed by atoms with Crippen LogP contribution in [-0.4, -0.2) is 22.1 Å². The van der Waals surface area contributed by atoms with Gasteiger partial charge < -0.3 is 14.9 Å². The number of aromatic carboxylic acids is 1. The first-order chi connectivity index (χ1) is 10.6. The van der Waals surface area contributed by atoms with Crippen molar-refractivity contribution in [3.05, 3.63) is 46.3 Å². The van der Waals surface area contributed by atoms with Crippen LogP contribution in [0.15, 0.2) is 22.7 Å². The highest BCUT2D eigenvalue weighted by atomic mass is 16.5. The number of aryl methyl sites for hydroxylation is 2. The van der Waals surface area contributed by atoms with Gasteiger partial charge in [0.15, 0.2) is 5.69 Å². The molecular formula is C16H16N2O4. The number of carbonyl (C=O) groups is 2. The maximum atomic E-state index is 12.3. The number of anilines is 1. The molecule has 1 aliphatic carbocycles. The zero-order valence-corrected chi connectivity index (χ0v) is 12.2. The number of amides is 1. The van der Waals surface area contributed by atoms with Crippen LogP contribution in [0.2, 0.25) is 0 Å². The first-order valence-electron chi connectivity index (χ1n) is 7.19. The van der Waals surface area contributed by atoms with Gasteiger partial charge in [0.25, 0.3) is 5.91 Å². The Morgan fingerprint density at radius 1 is 1.27 bits per heavy atom. The lowest BCUT2D eigenvalue weighted by atomic mass is 9.96. The first-order valence-corrected chi connectivity index (χ1v) is 7.19. The van der Waals surface area contributed by atoms with E-state index in [2.05, 4.69) is 10.5 Å². The van der Waals surface area contributed by atoms with Gasteiger partial charge in [0.1, 0.15) is 5.76 Å². The van der Waals surface area contributed by atoms with Crippen LogP contribution in [0.4, 0.5) is 5.69 Å². The molecule has 1 aliphatic rings. The third-order valence-electron chi connectivity index (χ3n) is 3.89. The topological polar surface area (TPSA) is 92.4 Å². The molecule has 114 valence electrons. The molecule has 1 aromatic carbocycles. The van der Waals surface area contributed by atoms with Crippen molar-refractivity contribution in [3.63, 3.8) is 0 Å². The molecule has 6 heteroatoms. The van der Waals surface area contributed by atoms with E-state index < -0.39 is 5.97 Å². The van der Waals surface area contributed by atoms with Crippen LogP contribution in [0.3, 0.4) is 0 Å². The van der Waals surface area contributed by atoms with Crippen LogP contribution in [0.1, 0.15) is 50.6 Å². The normalized spacial score (nSPS) is 13.5. The van der Waals surface area contributed by atoms with Crippen LogP contribution in [-0.2, 0) is 12.8 Å². The molecule has 1 amide bonds. The molecule has 0 unspecified atom stereocenters. The smallest absolute Gasteiger partial charge is 0.336 e. The Balaban J connectivity index is 1.84. The highest BCUT2D eigenvalue weighted by molar-refractivity contribution is 6.04. The van der Waals surface area contributed by atoms with E-state index in [9.17, 15) is 9.59 Å². The summed E-state index contributed by atoms with van der Waals surface area (Å²) in [5, 5.41) is 15.7. The molecule has 22 heavy (non-hydrogen) atoms. The largest absolute Gasteiger partial charge is 0.478 e. The van der Waals surface area contributed by atoms with E-state index in [0.29, 0.717) is 16.9 Å². The summed E-state index contributed by atoms with van der Waals surface area (Å²) >= 11 is 0. The summed E-state index contributed by atoms with van der Waals surface area (Å²) in [6.07, 6.45) is 3.66. The maximum Gasteiger partial charge on any atom is 0.336 e. The molecule has 0 radical (unpaired) electrons. The second-order valence-electron chi connectivity index (χ2n) is 5.43. The maximum absolute atomic E-state index is 12.3. The lowest BCUT2D eigenvalue weighted by Gasteiger charge is -2.10. The molecule has 0 atom stereocenters. The standard InChI is InChI=1S/C16H16N2O4/c1-9-6-7-10(8-12(9)16(20)21)17-15(19)14-11-4-2-3-5-13(11)22-18-14/h6-8H,2-5H2,1H3,(H,17,19)(H,20,21). The summed E-state index contributed by atoms with van der Waals surface area (Å²) in [6, 6.07) is 4.78. The highest BCUT2D eigenvalue weighted by Gasteiger charge is 2.24. The van der Waals surface area contributed by atoms with Crippen molar-refractivity contribution in [2.45, 2.75) is 32.6 Å². The SMILES string of the molecule is Cc1ccc(NC(=O)c2noc3c2CCCC3)cc1C(=O)O. The number of rotatable bonds is 3. The Kier molecular flexibility index (Phi) is 3.66. The van der Waals surface area contributed by atoms with Crippen molar-refractivity contribution >= 4 is 17.6 Å². The summed E-state index contributed by atoms with van der Waals surface area (Å²) in [6.45, 7) is 1.71. The molecular weight excluding hydrogens is 284 g/mol. The van der Waals surface area contributed by atoms with Crippen molar-refractivity contribution in [2.75, 3.05) is 5.32 Å². The van der Waals surface area contributed by atoms with E-state index in [1.807, 2.05) is 0 Å². The Morgan fingerprint density at radius 2 is 2.05 bits per heavy atom. The molecule has 1 aromatic heterocycles. The molecule has 2 N–H and O–H groups in total. The number of fused-ring (bicyclic) bond motifs is 1. The van der Waals surface area contributed by atoms with Crippen LogP contribution in [0, 0.1) is 6.92 Å². The first kappa shape index (κ1) is 14.3. The number of benzene rings is 1. The molecule has 0 aliphatic heterocycles. The highest BCUT2D eigenvalue weighted by Crippen LogP contribution is 2.25. The number of hydrogen-bond donors (Lipinski definition) is 2. The van der Waals surface area contributed by atoms with Gasteiger partial charge in [-0.1, -0.05) is 11.2 Å². The second kappa shape index (κ2) is 5.63. The zero-order valence-electron chi connectivity index (χ0n) is 12.2. The fourth-order valence-corrected chi connectivity index (χ4v) is 2.68. The van der Waals surface area contributed by atoms with Crippen LogP contribution >= 0.6 is 0 Å². The van der Waals surface area contributed by atoms with Crippen LogP contribution in [0.25, 0.3) is 0 Å². The van der Waals surface area contributed by atoms with Crippen molar-refractivity contribution in [1.82, 2.24) is 5.16 Å². The van der Waals surface area contributed by atoms with Crippen molar-refractivity contribution in [3.8, 4) is 0 Å². The lowest BCUT2D eigenvalue weighted by molar-refractivity contribution is 0.0695. The summed E-state index contributed by atoms with van der Waals surface area (Å²) in [5.41, 5.74) is 2.41. The minimum Gasteiger partial charge on any atom is -0.478 e. The molecule has 0 bridgehead atoms. The number of carbonyl (C=O) groups excluding carboxylic acids is 1. The number of nitrogens with zero attached hydrogens (tertiary/aromatic N) is 1. The number of nitrogens with one attached hydrogen (secondary N) is 1. The van der Waals surface area contributed by atoms with E-state index in [4.69, 9.17) is 9.63 Å². The van der Waals surface area contributed by atoms with Crippen LogP contribution < -0.4 is 5.32 Å². The van der Waals surface area contributed by atoms with Gasteiger partial charge in [-0.05, 0) is 43.9 Å². The summed E-state index contributed by atoms with van der Waals surface area (Å²) in [4.78, 5) is 23.5. The average Bonchev–Trinajstić information content (AvgIpc) is 2.93. The van der Waals surface area contributed by atoms with Gasteiger partial charge in [-0.2, -0.15) is 0 Å². The minimum atomic E-state index is -1.02. The zero-order chi connectivity index (χ0) is 15.7. The Bertz CT molecular complexity index is 749. The lowest BCUT2D eigenvalue weighted by Crippen LogP contribution is -2.16. The number of hydrogen-bond acceptors (Lipinski definition) is 4. The molecule has 0 saturated heterocycles. The van der Waals surface area contributed by atoms with Gasteiger partial charge in [-0.25, -0.2) is 4.79 Å². The molecule has 0 saturated carbocycles. The summed E-state index contributed by atoms with van der Waals surface area (Å²) < 4.78 is 5.22. The fourth-order valence-electron chi connectivity index (χ4n) is 2.68. The second-order valence-corrected chi connectivity index (χ2v) is 5.43. The predicted molar refractivity (Wildman–Crippen MR) is 79.2 cm³/mol. The quantitative estimate of drug-likeness (QED) is 0.909. The summed E-state index contributed by atoms with van der Waals surface area (Å²) in [5.74, 6) is -0.606. The van der Waals surface area contributed by atoms with Gasteiger partial charge in [0.05, 0.1) is 5.56 Å². The van der Waals surface area contributed by atoms with E-state index in [0.717, 1.165) is 37.0 Å². The third kappa shape index (κ3) is 2.59. The average molecular weight is 300 g/mol. The number of carboxylic acids is 1. The predicted octanol–water partition coefficient (Wildman–Crippen LogP) is 2.81. The Labute approximate surface area is 127 Å². The minimum absolute atomic E-state index is 0.167. The van der Waals surface area contributed by atoms with Crippen LogP contribution in [0.5, 0.6) is 0 Å². The number of carboxylic acid groups (broad SMARTS) is 1. The fraction of sp³-hybridized carbons (Fsp3) is 0.312. The molecule has 0 fully saturated rings. The molecule has 3 rings (SSSR count). The van der Waals surface area contributed by atoms with Gasteiger partial charge in [0, 0.05) is 17.7 Å². The third-order valence-corrected chi connectivity index (χ3v) is 3.89. The van der Waals surface area contributed by atoms with E-state index in [-0.39, 0.29) is 11.5 Å². The Hall–Kier alpha value is -2.63.